The van der Waals surface area contributed by atoms with Crippen LogP contribution in [0.3, 0.4) is 0 Å². The van der Waals surface area contributed by atoms with E-state index in [1.54, 1.807) is 0 Å². The number of carbonyl (C=O) groups is 3. The van der Waals surface area contributed by atoms with Crippen molar-refractivity contribution >= 4 is 17.9 Å². The molecule has 6 nitrogen and oxygen atoms in total. The van der Waals surface area contributed by atoms with E-state index in [0.717, 1.165) is 103 Å². The summed E-state index contributed by atoms with van der Waals surface area (Å²) in [5.41, 5.74) is 0. The van der Waals surface area contributed by atoms with Crippen molar-refractivity contribution in [1.29, 1.82) is 0 Å². The number of hydrogen-bond acceptors (Lipinski definition) is 6. The van der Waals surface area contributed by atoms with Crippen LogP contribution in [0.1, 0.15) is 290 Å². The minimum Gasteiger partial charge on any atom is -0.462 e. The maximum absolute atomic E-state index is 12.8. The first-order valence-electron chi connectivity index (χ1n) is 28.8. The van der Waals surface area contributed by atoms with Crippen LogP contribution >= 0.6 is 0 Å². The molecule has 0 saturated heterocycles. The van der Waals surface area contributed by atoms with E-state index in [9.17, 15) is 14.4 Å². The first kappa shape index (κ1) is 64.1. The van der Waals surface area contributed by atoms with Gasteiger partial charge in [0.15, 0.2) is 6.10 Å². The van der Waals surface area contributed by atoms with Gasteiger partial charge in [0.05, 0.1) is 0 Å². The third-order valence-electron chi connectivity index (χ3n) is 12.5. The van der Waals surface area contributed by atoms with Crippen molar-refractivity contribution in [3.05, 3.63) is 60.8 Å². The molecule has 0 rings (SSSR count). The maximum Gasteiger partial charge on any atom is 0.306 e. The van der Waals surface area contributed by atoms with E-state index in [2.05, 4.69) is 81.5 Å². The average molecular weight is 938 g/mol. The summed E-state index contributed by atoms with van der Waals surface area (Å²) in [6.45, 7) is 6.59. The molecule has 1 atom stereocenters. The summed E-state index contributed by atoms with van der Waals surface area (Å²) in [7, 11) is 0. The number of esters is 3. The van der Waals surface area contributed by atoms with Gasteiger partial charge in [-0.05, 0) is 83.5 Å². The third-order valence-corrected chi connectivity index (χ3v) is 12.5. The number of ether oxygens (including phenoxy) is 3. The predicted molar refractivity (Wildman–Crippen MR) is 288 cm³/mol. The molecule has 0 aliphatic heterocycles. The minimum absolute atomic E-state index is 0.0801. The molecular formula is C61H108O6. The van der Waals surface area contributed by atoms with E-state index in [1.165, 1.54) is 148 Å². The highest BCUT2D eigenvalue weighted by Crippen LogP contribution is 2.15. The van der Waals surface area contributed by atoms with Gasteiger partial charge in [0.25, 0.3) is 0 Å². The molecule has 0 amide bonds. The summed E-state index contributed by atoms with van der Waals surface area (Å²) in [6.07, 6.45) is 69.2. The molecule has 0 N–H and O–H groups in total. The van der Waals surface area contributed by atoms with Gasteiger partial charge in [0.1, 0.15) is 13.2 Å². The van der Waals surface area contributed by atoms with Gasteiger partial charge < -0.3 is 14.2 Å². The number of rotatable bonds is 52. The molecule has 0 saturated carbocycles. The summed E-state index contributed by atoms with van der Waals surface area (Å²) in [4.78, 5) is 38.1. The molecular weight excluding hydrogens is 829 g/mol. The van der Waals surface area contributed by atoms with Crippen molar-refractivity contribution in [3.63, 3.8) is 0 Å². The van der Waals surface area contributed by atoms with Crippen molar-refractivity contribution in [1.82, 2.24) is 0 Å². The normalized spacial score (nSPS) is 12.5. The molecule has 0 aliphatic rings. The van der Waals surface area contributed by atoms with Gasteiger partial charge in [-0.25, -0.2) is 0 Å². The lowest BCUT2D eigenvalue weighted by atomic mass is 10.0. The summed E-state index contributed by atoms with van der Waals surface area (Å²) < 4.78 is 16.8. The van der Waals surface area contributed by atoms with Gasteiger partial charge in [-0.2, -0.15) is 0 Å². The van der Waals surface area contributed by atoms with E-state index in [-0.39, 0.29) is 31.1 Å². The first-order chi connectivity index (χ1) is 33.0. The first-order valence-corrected chi connectivity index (χ1v) is 28.8. The fourth-order valence-corrected chi connectivity index (χ4v) is 8.11. The summed E-state index contributed by atoms with van der Waals surface area (Å²) in [5, 5.41) is 0. The Labute approximate surface area is 415 Å². The Morgan fingerprint density at radius 3 is 0.881 bits per heavy atom. The van der Waals surface area contributed by atoms with E-state index in [4.69, 9.17) is 14.2 Å². The highest BCUT2D eigenvalue weighted by atomic mass is 16.6. The third kappa shape index (κ3) is 53.9. The van der Waals surface area contributed by atoms with Crippen LogP contribution in [-0.2, 0) is 28.6 Å². The van der Waals surface area contributed by atoms with E-state index < -0.39 is 6.10 Å². The fraction of sp³-hybridized carbons (Fsp3) is 0.787. The number of hydrogen-bond donors (Lipinski definition) is 0. The van der Waals surface area contributed by atoms with Crippen LogP contribution in [0.15, 0.2) is 60.8 Å². The highest BCUT2D eigenvalue weighted by molar-refractivity contribution is 5.71. The second kappa shape index (κ2) is 55.7. The van der Waals surface area contributed by atoms with E-state index in [0.29, 0.717) is 19.3 Å². The lowest BCUT2D eigenvalue weighted by Crippen LogP contribution is -2.30. The van der Waals surface area contributed by atoms with Crippen molar-refractivity contribution in [3.8, 4) is 0 Å². The molecule has 0 aromatic carbocycles. The van der Waals surface area contributed by atoms with Crippen LogP contribution in [0.25, 0.3) is 0 Å². The molecule has 6 heteroatoms. The van der Waals surface area contributed by atoms with Crippen LogP contribution in [-0.4, -0.2) is 37.2 Å². The molecule has 0 aliphatic carbocycles. The Morgan fingerprint density at radius 2 is 0.552 bits per heavy atom. The van der Waals surface area contributed by atoms with E-state index in [1.807, 2.05) is 0 Å². The topological polar surface area (TPSA) is 78.9 Å². The van der Waals surface area contributed by atoms with Crippen LogP contribution in [0, 0.1) is 0 Å². The minimum atomic E-state index is -0.782. The summed E-state index contributed by atoms with van der Waals surface area (Å²) in [6, 6.07) is 0. The van der Waals surface area contributed by atoms with Gasteiger partial charge in [-0.1, -0.05) is 248 Å². The average Bonchev–Trinajstić information content (AvgIpc) is 3.33. The molecule has 0 heterocycles. The molecule has 0 radical (unpaired) electrons. The van der Waals surface area contributed by atoms with Gasteiger partial charge in [0.2, 0.25) is 0 Å². The lowest BCUT2D eigenvalue weighted by Gasteiger charge is -2.18. The Balaban J connectivity index is 4.32. The monoisotopic (exact) mass is 937 g/mol. The van der Waals surface area contributed by atoms with Gasteiger partial charge in [0, 0.05) is 19.3 Å². The lowest BCUT2D eigenvalue weighted by molar-refractivity contribution is -0.167. The zero-order valence-corrected chi connectivity index (χ0v) is 44.4. The van der Waals surface area contributed by atoms with Crippen LogP contribution < -0.4 is 0 Å². The smallest absolute Gasteiger partial charge is 0.306 e. The highest BCUT2D eigenvalue weighted by Gasteiger charge is 2.19. The fourth-order valence-electron chi connectivity index (χ4n) is 8.11. The quantitative estimate of drug-likeness (QED) is 0.0262. The number of unbranched alkanes of at least 4 members (excludes halogenated alkanes) is 31. The molecule has 1 unspecified atom stereocenters. The van der Waals surface area contributed by atoms with Crippen molar-refractivity contribution in [2.45, 2.75) is 297 Å². The Kier molecular flexibility index (Phi) is 53.3. The molecule has 67 heavy (non-hydrogen) atoms. The molecule has 0 spiro atoms. The van der Waals surface area contributed by atoms with Crippen molar-refractivity contribution in [2.24, 2.45) is 0 Å². The zero-order valence-electron chi connectivity index (χ0n) is 44.4. The summed E-state index contributed by atoms with van der Waals surface area (Å²) >= 11 is 0. The number of allylic oxidation sites excluding steroid dienone is 10. The zero-order chi connectivity index (χ0) is 48.6. The molecule has 0 aromatic rings. The SMILES string of the molecule is CCCC/C=C\C/C=C\CCCCCCCC(=O)OC(COC(=O)CCCCCCCCCC/C=C\C/C=C\C/C=C\CCCCCCC)COC(=O)CCCCCCCCCCCCCC. The van der Waals surface area contributed by atoms with E-state index >= 15 is 0 Å². The predicted octanol–water partition coefficient (Wildman–Crippen LogP) is 19.2. The number of carbonyl (C=O) groups excluding carboxylic acids is 3. The largest absolute Gasteiger partial charge is 0.462 e. The second-order valence-electron chi connectivity index (χ2n) is 19.2. The molecule has 388 valence electrons. The molecule has 0 fully saturated rings. The van der Waals surface area contributed by atoms with Crippen LogP contribution in [0.2, 0.25) is 0 Å². The van der Waals surface area contributed by atoms with Crippen LogP contribution in [0.4, 0.5) is 0 Å². The van der Waals surface area contributed by atoms with Gasteiger partial charge in [-0.3, -0.25) is 14.4 Å². The second-order valence-corrected chi connectivity index (χ2v) is 19.2. The Bertz CT molecular complexity index is 1210. The molecule has 0 aromatic heterocycles. The molecule has 0 bridgehead atoms. The van der Waals surface area contributed by atoms with Gasteiger partial charge >= 0.3 is 17.9 Å². The summed E-state index contributed by atoms with van der Waals surface area (Å²) in [5.74, 6) is -0.892. The van der Waals surface area contributed by atoms with Gasteiger partial charge in [-0.15, -0.1) is 0 Å². The Hall–Kier alpha value is -2.89. The van der Waals surface area contributed by atoms with Crippen LogP contribution in [0.5, 0.6) is 0 Å². The van der Waals surface area contributed by atoms with Crippen molar-refractivity contribution in [2.75, 3.05) is 13.2 Å². The van der Waals surface area contributed by atoms with Crippen molar-refractivity contribution < 1.29 is 28.6 Å². The standard InChI is InChI=1S/C61H108O6/c1-4-7-10-13-16-19-22-25-27-28-29-30-31-32-33-34-35-37-39-42-45-48-51-54-60(63)66-57-58(56-65-59(62)53-50-47-44-41-38-24-21-18-15-12-9-6-3)67-61(64)55-52-49-46-43-40-36-26-23-20-17-14-11-8-5-2/h14,17,22-23,25-26,28-29,31-32,58H,4-13,15-16,18-21,24,27,30,33-57H2,1-3H3/b17-14-,25-22-,26-23-,29-28-,32-31-. The Morgan fingerprint density at radius 1 is 0.299 bits per heavy atom. The maximum atomic E-state index is 12.8.